The van der Waals surface area contributed by atoms with Crippen LogP contribution in [0.5, 0.6) is 11.5 Å². The topological polar surface area (TPSA) is 12.5 Å². The molecule has 0 saturated carbocycles. The Labute approximate surface area is 306 Å². The van der Waals surface area contributed by atoms with Gasteiger partial charge in [0.15, 0.2) is 0 Å². The molecule has 52 heavy (non-hydrogen) atoms. The first-order chi connectivity index (χ1) is 25.8. The van der Waals surface area contributed by atoms with E-state index in [1.807, 2.05) is 11.3 Å². The lowest BCUT2D eigenvalue weighted by Crippen LogP contribution is -2.32. The van der Waals surface area contributed by atoms with Gasteiger partial charge in [0.05, 0.1) is 11.1 Å². The van der Waals surface area contributed by atoms with Crippen LogP contribution >= 0.6 is 11.3 Å². The summed E-state index contributed by atoms with van der Waals surface area (Å²) in [6, 6.07) is 68.4. The Morgan fingerprint density at radius 2 is 1.02 bits per heavy atom. The number of thiophene rings is 1. The van der Waals surface area contributed by atoms with Crippen molar-refractivity contribution in [3.8, 4) is 33.8 Å². The van der Waals surface area contributed by atoms with Gasteiger partial charge in [-0.05, 0) is 76.3 Å². The molecule has 0 saturated heterocycles. The van der Waals surface area contributed by atoms with Crippen molar-refractivity contribution >= 4 is 48.6 Å². The molecule has 0 amide bonds. The first-order valence-electron chi connectivity index (χ1n) is 17.8. The summed E-state index contributed by atoms with van der Waals surface area (Å²) in [6.07, 6.45) is 0. The smallest absolute Gasteiger partial charge is 0.132 e. The van der Waals surface area contributed by atoms with Crippen molar-refractivity contribution in [3.05, 3.63) is 210 Å². The van der Waals surface area contributed by atoms with Crippen molar-refractivity contribution in [1.82, 2.24) is 0 Å². The zero-order valence-electron chi connectivity index (χ0n) is 28.2. The second-order valence-electron chi connectivity index (χ2n) is 13.6. The number of hydrogen-bond acceptors (Lipinski definition) is 3. The molecule has 8 aromatic carbocycles. The highest BCUT2D eigenvalue weighted by molar-refractivity contribution is 7.25. The normalized spacial score (nSPS) is 13.3. The summed E-state index contributed by atoms with van der Waals surface area (Å²) >= 11 is 1.86. The first-order valence-corrected chi connectivity index (χ1v) is 18.6. The molecule has 0 atom stereocenters. The van der Waals surface area contributed by atoms with Crippen molar-refractivity contribution in [2.75, 3.05) is 4.90 Å². The Morgan fingerprint density at radius 1 is 0.423 bits per heavy atom. The van der Waals surface area contributed by atoms with Gasteiger partial charge in [0.2, 0.25) is 0 Å². The fourth-order valence-electron chi connectivity index (χ4n) is 8.78. The highest BCUT2D eigenvalue weighted by Crippen LogP contribution is 2.64. The highest BCUT2D eigenvalue weighted by Gasteiger charge is 2.51. The number of ether oxygens (including phenoxy) is 1. The maximum Gasteiger partial charge on any atom is 0.132 e. The molecule has 1 spiro atoms. The van der Waals surface area contributed by atoms with E-state index in [0.29, 0.717) is 0 Å². The molecular weight excluding hydrogens is 651 g/mol. The number of rotatable bonds is 4. The largest absolute Gasteiger partial charge is 0.457 e. The van der Waals surface area contributed by atoms with Crippen molar-refractivity contribution in [1.29, 1.82) is 0 Å². The number of benzene rings is 8. The number of fused-ring (bicyclic) bond motifs is 12. The fourth-order valence-corrected chi connectivity index (χ4v) is 9.92. The monoisotopic (exact) mass is 681 g/mol. The fraction of sp³-hybridized carbons (Fsp3) is 0.0204. The summed E-state index contributed by atoms with van der Waals surface area (Å²) in [5.74, 6) is 1.80. The molecule has 0 fully saturated rings. The lowest BCUT2D eigenvalue weighted by Gasteiger charge is -2.39. The van der Waals surface area contributed by atoms with Gasteiger partial charge in [-0.15, -0.1) is 11.3 Å². The Morgan fingerprint density at radius 3 is 1.81 bits per heavy atom. The molecule has 0 bridgehead atoms. The quantitative estimate of drug-likeness (QED) is 0.183. The molecule has 0 N–H and O–H groups in total. The van der Waals surface area contributed by atoms with Gasteiger partial charge in [-0.1, -0.05) is 140 Å². The van der Waals surface area contributed by atoms with E-state index in [2.05, 4.69) is 193 Å². The molecule has 1 aromatic heterocycles. The van der Waals surface area contributed by atoms with Crippen molar-refractivity contribution < 1.29 is 4.74 Å². The number of para-hydroxylation sites is 2. The van der Waals surface area contributed by atoms with Crippen LogP contribution in [-0.4, -0.2) is 0 Å². The first kappa shape index (κ1) is 29.3. The Bertz CT molecular complexity index is 2790. The Kier molecular flexibility index (Phi) is 6.37. The molecule has 3 heteroatoms. The van der Waals surface area contributed by atoms with Crippen LogP contribution in [0.15, 0.2) is 188 Å². The number of anilines is 3. The van der Waals surface area contributed by atoms with E-state index in [9.17, 15) is 0 Å². The van der Waals surface area contributed by atoms with E-state index in [-0.39, 0.29) is 0 Å². The van der Waals surface area contributed by atoms with Crippen LogP contribution in [0.1, 0.15) is 22.3 Å². The molecule has 244 valence electrons. The van der Waals surface area contributed by atoms with Gasteiger partial charge >= 0.3 is 0 Å². The van der Waals surface area contributed by atoms with E-state index in [1.54, 1.807) is 0 Å². The zero-order chi connectivity index (χ0) is 34.2. The summed E-state index contributed by atoms with van der Waals surface area (Å²) in [7, 11) is 0. The minimum Gasteiger partial charge on any atom is -0.457 e. The zero-order valence-corrected chi connectivity index (χ0v) is 29.0. The van der Waals surface area contributed by atoms with E-state index >= 15 is 0 Å². The number of hydrogen-bond donors (Lipinski definition) is 0. The Balaban J connectivity index is 1.20. The summed E-state index contributed by atoms with van der Waals surface area (Å²) in [5.41, 5.74) is 12.6. The predicted octanol–water partition coefficient (Wildman–Crippen LogP) is 13.7. The van der Waals surface area contributed by atoms with Gasteiger partial charge in [-0.3, -0.25) is 0 Å². The average Bonchev–Trinajstić information content (AvgIpc) is 3.73. The second kappa shape index (κ2) is 11.3. The van der Waals surface area contributed by atoms with E-state index in [4.69, 9.17) is 4.74 Å². The minimum absolute atomic E-state index is 0.536. The lowest BCUT2D eigenvalue weighted by atomic mass is 9.66. The van der Waals surface area contributed by atoms with Crippen LogP contribution in [0.2, 0.25) is 0 Å². The van der Waals surface area contributed by atoms with E-state index in [0.717, 1.165) is 28.6 Å². The molecule has 9 aromatic rings. The maximum absolute atomic E-state index is 6.61. The van der Waals surface area contributed by atoms with E-state index in [1.165, 1.54) is 64.7 Å². The van der Waals surface area contributed by atoms with Gasteiger partial charge < -0.3 is 9.64 Å². The SMILES string of the molecule is c1ccc(-c2ccc(N(c3ccc4c(c3)sc3ccccc34)c3cccc4c3-c3ccccc3C43c4ccccc4Oc4ccccc43)cc2)cc1. The third kappa shape index (κ3) is 4.11. The summed E-state index contributed by atoms with van der Waals surface area (Å²) in [5, 5.41) is 2.60. The van der Waals surface area contributed by atoms with Crippen LogP contribution < -0.4 is 9.64 Å². The minimum atomic E-state index is -0.536. The molecule has 0 unspecified atom stereocenters. The summed E-state index contributed by atoms with van der Waals surface area (Å²) in [6.45, 7) is 0. The van der Waals surface area contributed by atoms with Crippen molar-refractivity contribution in [3.63, 3.8) is 0 Å². The van der Waals surface area contributed by atoms with Crippen LogP contribution in [0, 0.1) is 0 Å². The molecule has 2 heterocycles. The highest BCUT2D eigenvalue weighted by atomic mass is 32.1. The maximum atomic E-state index is 6.61. The van der Waals surface area contributed by atoms with Crippen molar-refractivity contribution in [2.24, 2.45) is 0 Å². The van der Waals surface area contributed by atoms with Crippen LogP contribution in [0.3, 0.4) is 0 Å². The van der Waals surface area contributed by atoms with Crippen LogP contribution in [0.25, 0.3) is 42.4 Å². The van der Waals surface area contributed by atoms with Crippen LogP contribution in [0.4, 0.5) is 17.1 Å². The van der Waals surface area contributed by atoms with Gasteiger partial charge in [-0.25, -0.2) is 0 Å². The third-order valence-electron chi connectivity index (χ3n) is 10.9. The van der Waals surface area contributed by atoms with Crippen molar-refractivity contribution in [2.45, 2.75) is 5.41 Å². The second-order valence-corrected chi connectivity index (χ2v) is 14.7. The molecule has 2 nitrogen and oxygen atoms in total. The standard InChI is InChI=1S/C49H31NOS/c1-2-13-32(14-3-1)33-25-27-34(28-26-33)50(35-29-30-37-36-15-5-11-24-46(36)52-47(37)31-35)43-21-12-20-42-48(43)38-16-4-6-17-39(38)49(42)40-18-7-9-22-44(40)51-45-23-10-8-19-41(45)49/h1-31H. The molecule has 1 aliphatic carbocycles. The predicted molar refractivity (Wildman–Crippen MR) is 217 cm³/mol. The molecule has 2 aliphatic rings. The third-order valence-corrected chi connectivity index (χ3v) is 12.1. The van der Waals surface area contributed by atoms with Gasteiger partial charge in [0, 0.05) is 48.2 Å². The summed E-state index contributed by atoms with van der Waals surface area (Å²) < 4.78 is 9.20. The van der Waals surface area contributed by atoms with Crippen LogP contribution in [-0.2, 0) is 5.41 Å². The van der Waals surface area contributed by atoms with E-state index < -0.39 is 5.41 Å². The molecule has 0 radical (unpaired) electrons. The average molecular weight is 682 g/mol. The van der Waals surface area contributed by atoms with Gasteiger partial charge in [-0.2, -0.15) is 0 Å². The van der Waals surface area contributed by atoms with Gasteiger partial charge in [0.1, 0.15) is 11.5 Å². The van der Waals surface area contributed by atoms with Gasteiger partial charge in [0.25, 0.3) is 0 Å². The molecule has 1 aliphatic heterocycles. The number of nitrogens with zero attached hydrogens (tertiary/aromatic N) is 1. The Hall–Kier alpha value is -6.42. The lowest BCUT2D eigenvalue weighted by molar-refractivity contribution is 0.436. The molecular formula is C49H31NOS. The molecule has 11 rings (SSSR count). The summed E-state index contributed by atoms with van der Waals surface area (Å²) in [4.78, 5) is 2.46.